The van der Waals surface area contributed by atoms with Gasteiger partial charge in [-0.05, 0) is 37.1 Å². The number of amides is 2. The van der Waals surface area contributed by atoms with Gasteiger partial charge in [-0.3, -0.25) is 14.5 Å². The van der Waals surface area contributed by atoms with E-state index in [4.69, 9.17) is 16.6 Å². The Morgan fingerprint density at radius 1 is 1.34 bits per heavy atom. The van der Waals surface area contributed by atoms with Gasteiger partial charge in [0.2, 0.25) is 5.91 Å². The van der Waals surface area contributed by atoms with Crippen molar-refractivity contribution in [2.75, 3.05) is 6.54 Å². The lowest BCUT2D eigenvalue weighted by atomic mass is 10.1. The minimum Gasteiger partial charge on any atom is -0.465 e. The Morgan fingerprint density at radius 3 is 2.97 bits per heavy atom. The number of nitrogens with zero attached hydrogens (tertiary/aromatic N) is 1. The van der Waals surface area contributed by atoms with Crippen LogP contribution in [0.1, 0.15) is 18.2 Å². The van der Waals surface area contributed by atoms with Gasteiger partial charge in [0.25, 0.3) is 5.91 Å². The standard InChI is InChI=1S/C21H19N3O3S2/c1-13(24-20(26)18(29-21(24)28)11-15-5-4-10-27-15)19(25)22-9-8-14-12-23-17-7-3-2-6-16(14)17/h2-7,10-13,23H,8-9H2,1H3,(H,22,25)/b18-11+/t13-/m0/s1. The zero-order valence-electron chi connectivity index (χ0n) is 15.7. The summed E-state index contributed by atoms with van der Waals surface area (Å²) in [6.07, 6.45) is 5.83. The molecule has 148 valence electrons. The van der Waals surface area contributed by atoms with Crippen molar-refractivity contribution in [1.29, 1.82) is 0 Å². The number of furan rings is 1. The van der Waals surface area contributed by atoms with E-state index in [0.29, 0.717) is 28.0 Å². The number of rotatable bonds is 6. The average molecular weight is 426 g/mol. The van der Waals surface area contributed by atoms with Crippen molar-refractivity contribution in [3.63, 3.8) is 0 Å². The van der Waals surface area contributed by atoms with Gasteiger partial charge in [0.15, 0.2) is 0 Å². The molecule has 4 rings (SSSR count). The highest BCUT2D eigenvalue weighted by molar-refractivity contribution is 8.26. The van der Waals surface area contributed by atoms with Gasteiger partial charge in [-0.2, -0.15) is 0 Å². The van der Waals surface area contributed by atoms with E-state index in [2.05, 4.69) is 16.4 Å². The predicted octanol–water partition coefficient (Wildman–Crippen LogP) is 3.71. The Balaban J connectivity index is 1.37. The molecule has 3 aromatic rings. The number of hydrogen-bond acceptors (Lipinski definition) is 5. The molecule has 1 atom stereocenters. The summed E-state index contributed by atoms with van der Waals surface area (Å²) in [6.45, 7) is 2.16. The summed E-state index contributed by atoms with van der Waals surface area (Å²) >= 11 is 6.50. The fourth-order valence-corrected chi connectivity index (χ4v) is 4.64. The van der Waals surface area contributed by atoms with Crippen LogP contribution in [-0.4, -0.2) is 38.6 Å². The molecular formula is C21H19N3O3S2. The fraction of sp³-hybridized carbons (Fsp3) is 0.190. The Bertz CT molecular complexity index is 1100. The van der Waals surface area contributed by atoms with E-state index >= 15 is 0 Å². The van der Waals surface area contributed by atoms with Crippen molar-refractivity contribution in [2.45, 2.75) is 19.4 Å². The molecule has 0 spiro atoms. The Kier molecular flexibility index (Phi) is 5.55. The molecule has 0 saturated carbocycles. The van der Waals surface area contributed by atoms with Crippen molar-refractivity contribution in [2.24, 2.45) is 0 Å². The van der Waals surface area contributed by atoms with Gasteiger partial charge in [0.05, 0.1) is 11.2 Å². The number of carbonyl (C=O) groups is 2. The molecule has 1 aliphatic rings. The van der Waals surface area contributed by atoms with Crippen LogP contribution in [0.25, 0.3) is 17.0 Å². The summed E-state index contributed by atoms with van der Waals surface area (Å²) in [4.78, 5) is 30.4. The third-order valence-electron chi connectivity index (χ3n) is 4.78. The molecule has 1 aromatic carbocycles. The quantitative estimate of drug-likeness (QED) is 0.465. The molecule has 1 saturated heterocycles. The summed E-state index contributed by atoms with van der Waals surface area (Å²) in [5.41, 5.74) is 2.21. The third-order valence-corrected chi connectivity index (χ3v) is 6.11. The smallest absolute Gasteiger partial charge is 0.267 e. The first-order valence-electron chi connectivity index (χ1n) is 9.18. The Hall–Kier alpha value is -2.84. The van der Waals surface area contributed by atoms with Gasteiger partial charge >= 0.3 is 0 Å². The fourth-order valence-electron chi connectivity index (χ4n) is 3.24. The number of thioether (sulfide) groups is 1. The summed E-state index contributed by atoms with van der Waals surface area (Å²) < 4.78 is 5.62. The highest BCUT2D eigenvalue weighted by Gasteiger charge is 2.38. The number of fused-ring (bicyclic) bond motifs is 1. The largest absolute Gasteiger partial charge is 0.465 e. The van der Waals surface area contributed by atoms with Crippen molar-refractivity contribution in [3.05, 3.63) is 65.1 Å². The van der Waals surface area contributed by atoms with E-state index < -0.39 is 6.04 Å². The number of aromatic nitrogens is 1. The van der Waals surface area contributed by atoms with Gasteiger partial charge in [-0.1, -0.05) is 42.2 Å². The monoisotopic (exact) mass is 425 g/mol. The molecule has 1 aliphatic heterocycles. The topological polar surface area (TPSA) is 78.3 Å². The normalized spacial score (nSPS) is 16.7. The second kappa shape index (κ2) is 8.26. The molecular weight excluding hydrogens is 406 g/mol. The van der Waals surface area contributed by atoms with Crippen molar-refractivity contribution in [1.82, 2.24) is 15.2 Å². The second-order valence-electron chi connectivity index (χ2n) is 6.64. The maximum atomic E-state index is 12.7. The maximum absolute atomic E-state index is 12.7. The first kappa shape index (κ1) is 19.5. The van der Waals surface area contributed by atoms with Crippen molar-refractivity contribution < 1.29 is 14.0 Å². The number of hydrogen-bond donors (Lipinski definition) is 2. The SMILES string of the molecule is C[C@@H](C(=O)NCCc1c[nH]c2ccccc12)N1C(=O)/C(=C\c2ccco2)SC1=S. The van der Waals surface area contributed by atoms with Crippen LogP contribution in [0.15, 0.2) is 58.2 Å². The maximum Gasteiger partial charge on any atom is 0.267 e. The molecule has 29 heavy (non-hydrogen) atoms. The second-order valence-corrected chi connectivity index (χ2v) is 8.32. The summed E-state index contributed by atoms with van der Waals surface area (Å²) in [5.74, 6) is 0.0532. The van der Waals surface area contributed by atoms with E-state index in [1.165, 1.54) is 22.9 Å². The van der Waals surface area contributed by atoms with Crippen molar-refractivity contribution >= 4 is 57.1 Å². The molecule has 2 aromatic heterocycles. The van der Waals surface area contributed by atoms with E-state index in [0.717, 1.165) is 16.5 Å². The summed E-state index contributed by atoms with van der Waals surface area (Å²) in [6, 6.07) is 10.9. The van der Waals surface area contributed by atoms with E-state index in [1.807, 2.05) is 24.4 Å². The van der Waals surface area contributed by atoms with Crippen molar-refractivity contribution in [3.8, 4) is 0 Å². The molecule has 0 radical (unpaired) electrons. The van der Waals surface area contributed by atoms with Crippen LogP contribution < -0.4 is 5.32 Å². The van der Waals surface area contributed by atoms with Crippen LogP contribution in [0.2, 0.25) is 0 Å². The van der Waals surface area contributed by atoms with Crippen LogP contribution in [0.5, 0.6) is 0 Å². The molecule has 0 aliphatic carbocycles. The highest BCUT2D eigenvalue weighted by Crippen LogP contribution is 2.34. The van der Waals surface area contributed by atoms with Gasteiger partial charge < -0.3 is 14.7 Å². The van der Waals surface area contributed by atoms with Crippen LogP contribution in [-0.2, 0) is 16.0 Å². The first-order valence-corrected chi connectivity index (χ1v) is 10.4. The minimum absolute atomic E-state index is 0.236. The highest BCUT2D eigenvalue weighted by atomic mass is 32.2. The van der Waals surface area contributed by atoms with Crippen LogP contribution >= 0.6 is 24.0 Å². The minimum atomic E-state index is -0.687. The number of nitrogens with one attached hydrogen (secondary N) is 2. The lowest BCUT2D eigenvalue weighted by Crippen LogP contribution is -2.47. The summed E-state index contributed by atoms with van der Waals surface area (Å²) in [7, 11) is 0. The molecule has 0 unspecified atom stereocenters. The van der Waals surface area contributed by atoms with Crippen LogP contribution in [0, 0.1) is 0 Å². The predicted molar refractivity (Wildman–Crippen MR) is 118 cm³/mol. The number of carbonyl (C=O) groups excluding carboxylic acids is 2. The van der Waals surface area contributed by atoms with Gasteiger partial charge in [0, 0.05) is 29.7 Å². The van der Waals surface area contributed by atoms with Gasteiger partial charge in [0.1, 0.15) is 16.1 Å². The van der Waals surface area contributed by atoms with Gasteiger partial charge in [-0.25, -0.2) is 0 Å². The molecule has 8 heteroatoms. The lowest BCUT2D eigenvalue weighted by Gasteiger charge is -2.22. The lowest BCUT2D eigenvalue weighted by molar-refractivity contribution is -0.132. The molecule has 6 nitrogen and oxygen atoms in total. The third kappa shape index (κ3) is 3.99. The number of para-hydroxylation sites is 1. The van der Waals surface area contributed by atoms with Gasteiger partial charge in [-0.15, -0.1) is 0 Å². The molecule has 2 N–H and O–H groups in total. The van der Waals surface area contributed by atoms with E-state index in [-0.39, 0.29) is 11.8 Å². The van der Waals surface area contributed by atoms with Crippen LogP contribution in [0.3, 0.4) is 0 Å². The van der Waals surface area contributed by atoms with E-state index in [1.54, 1.807) is 25.1 Å². The average Bonchev–Trinajstić information content (AvgIpc) is 3.43. The molecule has 0 bridgehead atoms. The zero-order valence-corrected chi connectivity index (χ0v) is 17.3. The zero-order chi connectivity index (χ0) is 20.4. The summed E-state index contributed by atoms with van der Waals surface area (Å²) in [5, 5.41) is 4.06. The van der Waals surface area contributed by atoms with E-state index in [9.17, 15) is 9.59 Å². The van der Waals surface area contributed by atoms with Crippen LogP contribution in [0.4, 0.5) is 0 Å². The number of aromatic amines is 1. The number of thiocarbonyl (C=S) groups is 1. The molecule has 1 fully saturated rings. The molecule has 3 heterocycles. The Labute approximate surface area is 177 Å². The number of benzene rings is 1. The number of H-pyrrole nitrogens is 1. The molecule has 2 amide bonds. The Morgan fingerprint density at radius 2 is 2.17 bits per heavy atom. The first-order chi connectivity index (χ1) is 14.0.